The van der Waals surface area contributed by atoms with Crippen molar-refractivity contribution in [3.63, 3.8) is 0 Å². The number of rotatable bonds is 4. The minimum atomic E-state index is -0.657. The van der Waals surface area contributed by atoms with Crippen molar-refractivity contribution in [2.24, 2.45) is 5.92 Å². The third kappa shape index (κ3) is 5.06. The van der Waals surface area contributed by atoms with Gasteiger partial charge < -0.3 is 15.7 Å². The summed E-state index contributed by atoms with van der Waals surface area (Å²) >= 11 is 0. The van der Waals surface area contributed by atoms with E-state index in [9.17, 15) is 14.7 Å². The Balaban J connectivity index is 1.91. The van der Waals surface area contributed by atoms with Crippen LogP contribution < -0.4 is 10.6 Å². The van der Waals surface area contributed by atoms with Crippen LogP contribution in [0.1, 0.15) is 44.6 Å². The number of aliphatic hydroxyl groups is 1. The lowest BCUT2D eigenvalue weighted by Crippen LogP contribution is -2.45. The van der Waals surface area contributed by atoms with E-state index in [1.807, 2.05) is 12.1 Å². The zero-order valence-corrected chi connectivity index (χ0v) is 13.7. The Kier molecular flexibility index (Phi) is 6.59. The molecule has 2 amide bonds. The molecule has 2 rings (SSSR count). The van der Waals surface area contributed by atoms with Crippen molar-refractivity contribution in [2.45, 2.75) is 51.5 Å². The standard InChI is InChI=1S/C18H26N2O3/c1-2-13-8-10-15(11-9-13)19-17(22)18(23)20-16-7-5-3-4-6-14(16)12-21/h8-11,14,16,21H,2-7,12H2,1H3,(H,19,22)(H,20,23). The molecule has 5 nitrogen and oxygen atoms in total. The highest BCUT2D eigenvalue weighted by Gasteiger charge is 2.26. The van der Waals surface area contributed by atoms with Gasteiger partial charge in [-0.1, -0.05) is 38.3 Å². The van der Waals surface area contributed by atoms with Crippen LogP contribution in [0, 0.1) is 5.92 Å². The molecule has 1 aromatic carbocycles. The van der Waals surface area contributed by atoms with Gasteiger partial charge in [0.05, 0.1) is 0 Å². The summed E-state index contributed by atoms with van der Waals surface area (Å²) < 4.78 is 0. The second kappa shape index (κ2) is 8.67. The quantitative estimate of drug-likeness (QED) is 0.588. The van der Waals surface area contributed by atoms with Gasteiger partial charge in [-0.15, -0.1) is 0 Å². The van der Waals surface area contributed by atoms with Crippen LogP contribution in [0.15, 0.2) is 24.3 Å². The van der Waals surface area contributed by atoms with Crippen LogP contribution in [-0.2, 0) is 16.0 Å². The number of nitrogens with one attached hydrogen (secondary N) is 2. The smallest absolute Gasteiger partial charge is 0.313 e. The largest absolute Gasteiger partial charge is 0.396 e. The predicted molar refractivity (Wildman–Crippen MR) is 90.0 cm³/mol. The lowest BCUT2D eigenvalue weighted by atomic mass is 9.95. The Labute approximate surface area is 137 Å². The fourth-order valence-electron chi connectivity index (χ4n) is 3.04. The first-order valence-corrected chi connectivity index (χ1v) is 8.45. The molecule has 126 valence electrons. The zero-order valence-electron chi connectivity index (χ0n) is 13.7. The van der Waals surface area contributed by atoms with E-state index in [0.717, 1.165) is 38.5 Å². The molecule has 1 aliphatic carbocycles. The van der Waals surface area contributed by atoms with Crippen LogP contribution in [0.25, 0.3) is 0 Å². The molecule has 2 unspecified atom stereocenters. The third-order valence-corrected chi connectivity index (χ3v) is 4.54. The van der Waals surface area contributed by atoms with Crippen LogP contribution in [-0.4, -0.2) is 29.6 Å². The average molecular weight is 318 g/mol. The van der Waals surface area contributed by atoms with E-state index in [-0.39, 0.29) is 18.6 Å². The van der Waals surface area contributed by atoms with E-state index in [1.54, 1.807) is 12.1 Å². The number of carbonyl (C=O) groups is 2. The van der Waals surface area contributed by atoms with Gasteiger partial charge in [-0.2, -0.15) is 0 Å². The maximum Gasteiger partial charge on any atom is 0.313 e. The lowest BCUT2D eigenvalue weighted by molar-refractivity contribution is -0.137. The summed E-state index contributed by atoms with van der Waals surface area (Å²) in [7, 11) is 0. The first-order valence-electron chi connectivity index (χ1n) is 8.45. The Hall–Kier alpha value is -1.88. The van der Waals surface area contributed by atoms with E-state index in [0.29, 0.717) is 5.69 Å². The van der Waals surface area contributed by atoms with Gasteiger partial charge in [0, 0.05) is 24.3 Å². The average Bonchev–Trinajstić information content (AvgIpc) is 2.80. The van der Waals surface area contributed by atoms with Crippen LogP contribution >= 0.6 is 0 Å². The fourth-order valence-corrected chi connectivity index (χ4v) is 3.04. The molecule has 0 bridgehead atoms. The molecule has 0 aromatic heterocycles. The van der Waals surface area contributed by atoms with E-state index >= 15 is 0 Å². The summed E-state index contributed by atoms with van der Waals surface area (Å²) in [5.41, 5.74) is 1.79. The predicted octanol–water partition coefficient (Wildman–Crippen LogP) is 2.24. The number of anilines is 1. The molecule has 3 N–H and O–H groups in total. The third-order valence-electron chi connectivity index (χ3n) is 4.54. The number of aryl methyl sites for hydroxylation is 1. The number of hydrogen-bond acceptors (Lipinski definition) is 3. The zero-order chi connectivity index (χ0) is 16.7. The second-order valence-corrected chi connectivity index (χ2v) is 6.17. The summed E-state index contributed by atoms with van der Waals surface area (Å²) in [5, 5.41) is 14.9. The summed E-state index contributed by atoms with van der Waals surface area (Å²) in [6, 6.07) is 7.34. The second-order valence-electron chi connectivity index (χ2n) is 6.17. The number of hydrogen-bond donors (Lipinski definition) is 3. The minimum absolute atomic E-state index is 0.0399. The normalized spacial score (nSPS) is 21.3. The van der Waals surface area contributed by atoms with Crippen molar-refractivity contribution >= 4 is 17.5 Å². The Bertz CT molecular complexity index is 528. The molecule has 23 heavy (non-hydrogen) atoms. The van der Waals surface area contributed by atoms with Crippen molar-refractivity contribution in [1.82, 2.24) is 5.32 Å². The monoisotopic (exact) mass is 318 g/mol. The number of amides is 2. The van der Waals surface area contributed by atoms with Gasteiger partial charge in [0.2, 0.25) is 0 Å². The molecule has 0 heterocycles. The molecule has 1 aliphatic rings. The Morgan fingerprint density at radius 1 is 1.09 bits per heavy atom. The Morgan fingerprint density at radius 2 is 1.78 bits per heavy atom. The van der Waals surface area contributed by atoms with Gasteiger partial charge in [0.25, 0.3) is 0 Å². The summed E-state index contributed by atoms with van der Waals surface area (Å²) in [6.07, 6.45) is 5.82. The molecule has 0 radical (unpaired) electrons. The van der Waals surface area contributed by atoms with Crippen LogP contribution in [0.5, 0.6) is 0 Å². The molecule has 1 saturated carbocycles. The SMILES string of the molecule is CCc1ccc(NC(=O)C(=O)NC2CCCCCC2CO)cc1. The van der Waals surface area contributed by atoms with Crippen molar-refractivity contribution < 1.29 is 14.7 Å². The van der Waals surface area contributed by atoms with Crippen molar-refractivity contribution in [2.75, 3.05) is 11.9 Å². The van der Waals surface area contributed by atoms with Crippen LogP contribution in [0.4, 0.5) is 5.69 Å². The molecule has 1 aromatic rings. The highest BCUT2D eigenvalue weighted by molar-refractivity contribution is 6.39. The summed E-state index contributed by atoms with van der Waals surface area (Å²) in [5.74, 6) is -1.25. The van der Waals surface area contributed by atoms with E-state index < -0.39 is 11.8 Å². The van der Waals surface area contributed by atoms with Gasteiger partial charge in [-0.05, 0) is 37.0 Å². The first-order chi connectivity index (χ1) is 11.1. The van der Waals surface area contributed by atoms with E-state index in [2.05, 4.69) is 17.6 Å². The van der Waals surface area contributed by atoms with Crippen LogP contribution in [0.2, 0.25) is 0 Å². The summed E-state index contributed by atoms with van der Waals surface area (Å²) in [4.78, 5) is 24.1. The molecular weight excluding hydrogens is 292 g/mol. The molecular formula is C18H26N2O3. The number of benzene rings is 1. The minimum Gasteiger partial charge on any atom is -0.396 e. The van der Waals surface area contributed by atoms with E-state index in [4.69, 9.17) is 0 Å². The van der Waals surface area contributed by atoms with Gasteiger partial charge in [0.1, 0.15) is 0 Å². The molecule has 1 fully saturated rings. The highest BCUT2D eigenvalue weighted by Crippen LogP contribution is 2.23. The number of aliphatic hydroxyl groups excluding tert-OH is 1. The van der Waals surface area contributed by atoms with Crippen LogP contribution in [0.3, 0.4) is 0 Å². The molecule has 0 aliphatic heterocycles. The van der Waals surface area contributed by atoms with Gasteiger partial charge in [0.15, 0.2) is 0 Å². The van der Waals surface area contributed by atoms with Gasteiger partial charge >= 0.3 is 11.8 Å². The first kappa shape index (κ1) is 17.5. The molecule has 0 saturated heterocycles. The molecule has 0 spiro atoms. The fraction of sp³-hybridized carbons (Fsp3) is 0.556. The van der Waals surface area contributed by atoms with E-state index in [1.165, 1.54) is 5.56 Å². The van der Waals surface area contributed by atoms with Gasteiger partial charge in [-0.3, -0.25) is 9.59 Å². The van der Waals surface area contributed by atoms with Gasteiger partial charge in [-0.25, -0.2) is 0 Å². The van der Waals surface area contributed by atoms with Crippen molar-refractivity contribution in [3.05, 3.63) is 29.8 Å². The maximum atomic E-state index is 12.1. The topological polar surface area (TPSA) is 78.4 Å². The molecule has 2 atom stereocenters. The summed E-state index contributed by atoms with van der Waals surface area (Å²) in [6.45, 7) is 2.11. The van der Waals surface area contributed by atoms with Crippen molar-refractivity contribution in [3.8, 4) is 0 Å². The number of carbonyl (C=O) groups excluding carboxylic acids is 2. The maximum absolute atomic E-state index is 12.1. The van der Waals surface area contributed by atoms with Crippen molar-refractivity contribution in [1.29, 1.82) is 0 Å². The Morgan fingerprint density at radius 3 is 2.43 bits per heavy atom. The molecule has 5 heteroatoms. The highest BCUT2D eigenvalue weighted by atomic mass is 16.3. The lowest BCUT2D eigenvalue weighted by Gasteiger charge is -2.24.